The summed E-state index contributed by atoms with van der Waals surface area (Å²) in [5.74, 6) is 0. The molecule has 8 heterocycles. The second kappa shape index (κ2) is 28.6. The van der Waals surface area contributed by atoms with Gasteiger partial charge in [-0.05, 0) is 27.7 Å². The monoisotopic (exact) mass is 1220 g/mol. The van der Waals surface area contributed by atoms with Gasteiger partial charge in [-0.3, -0.25) is 0 Å². The van der Waals surface area contributed by atoms with Crippen LogP contribution in [-0.2, 0) is 71.1 Å². The Morgan fingerprint density at radius 2 is 0.566 bits per heavy atom. The van der Waals surface area contributed by atoms with E-state index >= 15 is 0 Å². The Kier molecular flexibility index (Phi) is 23.3. The van der Waals surface area contributed by atoms with Crippen LogP contribution in [0.5, 0.6) is 0 Å². The molecule has 0 amide bonds. The van der Waals surface area contributed by atoms with Crippen molar-refractivity contribution in [1.29, 1.82) is 0 Å². The van der Waals surface area contributed by atoms with Crippen LogP contribution in [0.4, 0.5) is 0 Å². The first kappa shape index (κ1) is 67.5. The van der Waals surface area contributed by atoms with Crippen molar-refractivity contribution in [2.45, 2.75) is 274 Å². The molecule has 8 fully saturated rings. The molecule has 8 aliphatic heterocycles. The topological polar surface area (TPSA) is 543 Å². The smallest absolute Gasteiger partial charge is 0.187 e. The summed E-state index contributed by atoms with van der Waals surface area (Å²) in [6.45, 7) is 1.68. The molecule has 35 nitrogen and oxygen atoms in total. The van der Waals surface area contributed by atoms with Gasteiger partial charge in [-0.15, -0.1) is 0 Å². The average Bonchev–Trinajstić information content (AvgIpc) is 2.83. The van der Waals surface area contributed by atoms with E-state index in [1.165, 1.54) is 27.7 Å². The molecule has 20 N–H and O–H groups in total. The Labute approximate surface area is 472 Å². The Hall–Kier alpha value is -1.40. The molecule has 0 radical (unpaired) electrons. The summed E-state index contributed by atoms with van der Waals surface area (Å²) in [5, 5.41) is 218. The van der Waals surface area contributed by atoms with E-state index in [0.29, 0.717) is 0 Å². The minimum Gasteiger partial charge on any atom is -0.394 e. The molecule has 0 aromatic heterocycles. The lowest BCUT2D eigenvalue weighted by molar-refractivity contribution is -0.412. The van der Waals surface area contributed by atoms with E-state index in [4.69, 9.17) is 71.1 Å². The number of aliphatic hydroxyl groups is 20. The van der Waals surface area contributed by atoms with Crippen molar-refractivity contribution < 1.29 is 173 Å². The van der Waals surface area contributed by atoms with Crippen molar-refractivity contribution in [2.75, 3.05) is 26.4 Å². The molecule has 8 saturated heterocycles. The summed E-state index contributed by atoms with van der Waals surface area (Å²) in [4.78, 5) is 0. The minimum atomic E-state index is -2.25. The SMILES string of the molecule is C[C@@H]1O[C@@H](O)[C@H](O)[C@H](O)[C@H]1O[C@H]1O[C@H](CO)[C@@H](O)[C@H](O[C@H]2O[C@H](C)[C@H](O)C[C@H]2O)[C@@H]1O[C@H]1O[C@H](CO)[C@H](O)[C@H](O[C@@H]2O[C@@H](C)[C@H](O[C@H]3O[C@H](CO)[C@@H](O)[C@H](O[C@H]4O[C@H](C)[C@H](O)C[C@H]4O)[C@@H]3O[C@H]3O[C@H](CO)[C@H](O)[C@H](O)[C@H]3O)[C@@H](O)[C@H]2O)[C@H]1O. The van der Waals surface area contributed by atoms with Crippen molar-refractivity contribution in [3.05, 3.63) is 0 Å². The predicted octanol–water partition coefficient (Wildman–Crippen LogP) is -12.3. The highest BCUT2D eigenvalue weighted by atomic mass is 16.8. The van der Waals surface area contributed by atoms with Crippen LogP contribution >= 0.6 is 0 Å². The van der Waals surface area contributed by atoms with Gasteiger partial charge < -0.3 is 173 Å². The molecule has 8 rings (SSSR count). The first-order chi connectivity index (χ1) is 39.2. The zero-order valence-corrected chi connectivity index (χ0v) is 45.2. The van der Waals surface area contributed by atoms with Crippen LogP contribution in [0.25, 0.3) is 0 Å². The van der Waals surface area contributed by atoms with Gasteiger partial charge in [-0.1, -0.05) is 0 Å². The average molecular weight is 1220 g/mol. The molecular formula is C48H82O35. The third-order valence-corrected chi connectivity index (χ3v) is 16.3. The summed E-state index contributed by atoms with van der Waals surface area (Å²) in [6.07, 6.45) is -67.7. The summed E-state index contributed by atoms with van der Waals surface area (Å²) in [7, 11) is 0. The number of hydrogen-bond acceptors (Lipinski definition) is 35. The highest BCUT2D eigenvalue weighted by Gasteiger charge is 2.59. The second-order valence-corrected chi connectivity index (χ2v) is 22.1. The molecule has 0 spiro atoms. The minimum absolute atomic E-state index is 0.279. The van der Waals surface area contributed by atoms with Crippen LogP contribution in [0.2, 0.25) is 0 Å². The zero-order chi connectivity index (χ0) is 60.8. The Balaban J connectivity index is 1.04. The lowest BCUT2D eigenvalue weighted by Crippen LogP contribution is -2.69. The van der Waals surface area contributed by atoms with Crippen LogP contribution < -0.4 is 0 Å². The largest absolute Gasteiger partial charge is 0.394 e. The maximum Gasteiger partial charge on any atom is 0.187 e. The van der Waals surface area contributed by atoms with Crippen LogP contribution in [0, 0.1) is 0 Å². The first-order valence-corrected chi connectivity index (χ1v) is 27.4. The number of rotatable bonds is 18. The first-order valence-electron chi connectivity index (χ1n) is 27.4. The van der Waals surface area contributed by atoms with Gasteiger partial charge >= 0.3 is 0 Å². The fourth-order valence-corrected chi connectivity index (χ4v) is 11.1. The van der Waals surface area contributed by atoms with Crippen LogP contribution in [0.15, 0.2) is 0 Å². The molecule has 83 heavy (non-hydrogen) atoms. The van der Waals surface area contributed by atoms with Gasteiger partial charge in [0.25, 0.3) is 0 Å². The van der Waals surface area contributed by atoms with Crippen molar-refractivity contribution in [3.63, 3.8) is 0 Å². The predicted molar refractivity (Wildman–Crippen MR) is 256 cm³/mol. The molecule has 0 bridgehead atoms. The lowest BCUT2D eigenvalue weighted by Gasteiger charge is -2.51. The van der Waals surface area contributed by atoms with E-state index in [-0.39, 0.29) is 12.8 Å². The third kappa shape index (κ3) is 14.3. The van der Waals surface area contributed by atoms with E-state index in [1.54, 1.807) is 0 Å². The lowest BCUT2D eigenvalue weighted by atomic mass is 9.95. The van der Waals surface area contributed by atoms with E-state index in [2.05, 4.69) is 0 Å². The zero-order valence-electron chi connectivity index (χ0n) is 45.2. The quantitative estimate of drug-likeness (QED) is 0.0606. The molecule has 484 valence electrons. The fraction of sp³-hybridized carbons (Fsp3) is 1.00. The van der Waals surface area contributed by atoms with E-state index < -0.39 is 260 Å². The van der Waals surface area contributed by atoms with Gasteiger partial charge in [-0.25, -0.2) is 0 Å². The van der Waals surface area contributed by atoms with E-state index in [1.807, 2.05) is 0 Å². The molecule has 0 aromatic rings. The number of hydrogen-bond donors (Lipinski definition) is 20. The van der Waals surface area contributed by atoms with E-state index in [9.17, 15) is 102 Å². The summed E-state index contributed by atoms with van der Waals surface area (Å²) in [5.41, 5.74) is 0. The Bertz CT molecular complexity index is 1990. The van der Waals surface area contributed by atoms with Crippen LogP contribution in [0.1, 0.15) is 40.5 Å². The standard InChI is InChI=1S/C48H82O35/c1-11-15(53)5-17(55)42(70-11)80-37-25(59)21(9-51)75-47(39(37)82-45-31(65)27(61)23(57)19(7-49)73-45)78-35-14(4)72-44(32(66)29(35)63)79-36-24(58)20(8-50)74-46(33(36)67)83-40-38(81-43-18(56)6-16(54)12(2)71-43)26(60)22(10-52)76-48(40)77-34-13(3)69-41(68)30(64)28(34)62/h11-68H,5-10H2,1-4H3/t11-,12-,13+,14+,15-,16-,17-,18-,19-,20-,21-,22-,23+,24+,25-,26-,27+,28+,29+,30-,31-,32-,33-,34+,35+,36+,37+,38+,39+,40+,41-,42-,43-,44+,45-,46-,47-,48-/m1/s1. The van der Waals surface area contributed by atoms with Gasteiger partial charge in [0.1, 0.15) is 146 Å². The number of aliphatic hydroxyl groups excluding tert-OH is 20. The van der Waals surface area contributed by atoms with Gasteiger partial charge in [0.05, 0.1) is 63.1 Å². The summed E-state index contributed by atoms with van der Waals surface area (Å²) in [6, 6.07) is 0. The summed E-state index contributed by atoms with van der Waals surface area (Å²) < 4.78 is 88.4. The third-order valence-electron chi connectivity index (χ3n) is 16.3. The van der Waals surface area contributed by atoms with Crippen molar-refractivity contribution in [3.8, 4) is 0 Å². The number of ether oxygens (including phenoxy) is 15. The van der Waals surface area contributed by atoms with Gasteiger partial charge in [0.15, 0.2) is 50.3 Å². The molecule has 0 saturated carbocycles. The maximum absolute atomic E-state index is 12.0. The van der Waals surface area contributed by atoms with Crippen LogP contribution in [-0.4, -0.2) is 362 Å². The van der Waals surface area contributed by atoms with Gasteiger partial charge in [-0.2, -0.15) is 0 Å². The Morgan fingerprint density at radius 1 is 0.253 bits per heavy atom. The molecule has 38 atom stereocenters. The molecule has 8 aliphatic rings. The Morgan fingerprint density at radius 3 is 1.01 bits per heavy atom. The van der Waals surface area contributed by atoms with Crippen molar-refractivity contribution in [1.82, 2.24) is 0 Å². The van der Waals surface area contributed by atoms with Gasteiger partial charge in [0.2, 0.25) is 0 Å². The molecule has 35 heteroatoms. The highest BCUT2D eigenvalue weighted by molar-refractivity contribution is 5.01. The second-order valence-electron chi connectivity index (χ2n) is 22.1. The van der Waals surface area contributed by atoms with E-state index in [0.717, 1.165) is 0 Å². The van der Waals surface area contributed by atoms with Crippen molar-refractivity contribution >= 4 is 0 Å². The van der Waals surface area contributed by atoms with Gasteiger partial charge in [0, 0.05) is 12.8 Å². The van der Waals surface area contributed by atoms with Crippen molar-refractivity contribution in [2.24, 2.45) is 0 Å². The normalized spacial score (nSPS) is 54.8. The highest BCUT2D eigenvalue weighted by Crippen LogP contribution is 2.40. The fourth-order valence-electron chi connectivity index (χ4n) is 11.1. The van der Waals surface area contributed by atoms with Crippen LogP contribution in [0.3, 0.4) is 0 Å². The molecule has 0 aliphatic carbocycles. The molecule has 0 unspecified atom stereocenters. The molecular weight excluding hydrogens is 1140 g/mol. The summed E-state index contributed by atoms with van der Waals surface area (Å²) >= 11 is 0. The maximum atomic E-state index is 12.0. The molecule has 0 aromatic carbocycles.